The Balaban J connectivity index is 2.52. The van der Waals surface area contributed by atoms with E-state index in [0.29, 0.717) is 19.2 Å². The molecular formula is C13H20N2O4. The Morgan fingerprint density at radius 2 is 1.89 bits per heavy atom. The number of aliphatic carboxylic acids is 1. The van der Waals surface area contributed by atoms with Gasteiger partial charge in [0.1, 0.15) is 0 Å². The molecule has 1 saturated heterocycles. The van der Waals surface area contributed by atoms with Gasteiger partial charge in [-0.3, -0.25) is 10.1 Å². The molecule has 0 aromatic heterocycles. The first kappa shape index (κ1) is 15.2. The minimum Gasteiger partial charge on any atom is -0.478 e. The van der Waals surface area contributed by atoms with Crippen LogP contribution in [-0.4, -0.2) is 41.0 Å². The van der Waals surface area contributed by atoms with Crippen LogP contribution in [0.5, 0.6) is 0 Å². The summed E-state index contributed by atoms with van der Waals surface area (Å²) in [5, 5.41) is 10.5. The Morgan fingerprint density at radius 1 is 1.26 bits per heavy atom. The van der Waals surface area contributed by atoms with E-state index in [0.717, 1.165) is 25.3 Å². The summed E-state index contributed by atoms with van der Waals surface area (Å²) in [6.07, 6.45) is 4.48. The summed E-state index contributed by atoms with van der Waals surface area (Å²) in [4.78, 5) is 35.0. The molecule has 0 aromatic rings. The fraction of sp³-hybridized carbons (Fsp3) is 0.615. The monoisotopic (exact) mass is 268 g/mol. The molecule has 0 bridgehead atoms. The molecule has 1 aliphatic heterocycles. The second-order valence-corrected chi connectivity index (χ2v) is 4.84. The zero-order chi connectivity index (χ0) is 14.5. The first-order chi connectivity index (χ1) is 8.92. The van der Waals surface area contributed by atoms with Crippen molar-refractivity contribution in [1.82, 2.24) is 10.2 Å². The first-order valence-electron chi connectivity index (χ1n) is 6.43. The number of imide groups is 1. The van der Waals surface area contributed by atoms with Gasteiger partial charge in [0, 0.05) is 25.2 Å². The van der Waals surface area contributed by atoms with Gasteiger partial charge in [-0.1, -0.05) is 13.8 Å². The summed E-state index contributed by atoms with van der Waals surface area (Å²) in [5.41, 5.74) is 0.150. The largest absolute Gasteiger partial charge is 0.478 e. The number of carbonyl (C=O) groups is 3. The highest BCUT2D eigenvalue weighted by Crippen LogP contribution is 2.36. The quantitative estimate of drug-likeness (QED) is 0.754. The molecule has 2 N–H and O–H groups in total. The van der Waals surface area contributed by atoms with Crippen molar-refractivity contribution in [2.24, 2.45) is 5.41 Å². The summed E-state index contributed by atoms with van der Waals surface area (Å²) >= 11 is 0. The Kier molecular flexibility index (Phi) is 5.09. The van der Waals surface area contributed by atoms with Gasteiger partial charge in [-0.25, -0.2) is 9.59 Å². The summed E-state index contributed by atoms with van der Waals surface area (Å²) in [5.74, 6) is -1.93. The van der Waals surface area contributed by atoms with Gasteiger partial charge in [0.25, 0.3) is 5.91 Å². The van der Waals surface area contributed by atoms with Gasteiger partial charge in [-0.05, 0) is 24.7 Å². The van der Waals surface area contributed by atoms with Crippen molar-refractivity contribution in [3.63, 3.8) is 0 Å². The number of rotatable bonds is 4. The number of carbonyl (C=O) groups excluding carboxylic acids is 2. The van der Waals surface area contributed by atoms with Crippen molar-refractivity contribution in [1.29, 1.82) is 0 Å². The number of amides is 3. The molecule has 0 saturated carbocycles. The van der Waals surface area contributed by atoms with Crippen molar-refractivity contribution < 1.29 is 19.5 Å². The number of carboxylic acids is 1. The van der Waals surface area contributed by atoms with Crippen molar-refractivity contribution in [3.05, 3.63) is 12.2 Å². The van der Waals surface area contributed by atoms with E-state index in [1.54, 1.807) is 4.90 Å². The van der Waals surface area contributed by atoms with Crippen molar-refractivity contribution in [2.45, 2.75) is 33.1 Å². The Morgan fingerprint density at radius 3 is 2.37 bits per heavy atom. The highest BCUT2D eigenvalue weighted by molar-refractivity contribution is 6.02. The number of urea groups is 1. The molecule has 106 valence electrons. The minimum absolute atomic E-state index is 0.150. The topological polar surface area (TPSA) is 86.7 Å². The number of hydrogen-bond acceptors (Lipinski definition) is 3. The van der Waals surface area contributed by atoms with Gasteiger partial charge in [0.2, 0.25) is 0 Å². The molecule has 19 heavy (non-hydrogen) atoms. The maximum absolute atomic E-state index is 11.8. The van der Waals surface area contributed by atoms with Gasteiger partial charge in [0.15, 0.2) is 0 Å². The molecule has 1 heterocycles. The second-order valence-electron chi connectivity index (χ2n) is 4.84. The summed E-state index contributed by atoms with van der Waals surface area (Å²) in [6, 6.07) is -0.455. The molecule has 0 radical (unpaired) electrons. The third kappa shape index (κ3) is 4.08. The van der Waals surface area contributed by atoms with E-state index in [1.165, 1.54) is 0 Å². The molecule has 0 aliphatic carbocycles. The average molecular weight is 268 g/mol. The van der Waals surface area contributed by atoms with Crippen LogP contribution in [0.3, 0.4) is 0 Å². The van der Waals surface area contributed by atoms with Crippen molar-refractivity contribution in [3.8, 4) is 0 Å². The molecule has 1 fully saturated rings. The average Bonchev–Trinajstić information content (AvgIpc) is 2.81. The molecule has 0 aromatic carbocycles. The van der Waals surface area contributed by atoms with E-state index < -0.39 is 17.9 Å². The van der Waals surface area contributed by atoms with Gasteiger partial charge < -0.3 is 10.0 Å². The van der Waals surface area contributed by atoms with E-state index in [1.807, 2.05) is 0 Å². The maximum atomic E-state index is 11.8. The fourth-order valence-corrected chi connectivity index (χ4v) is 2.31. The summed E-state index contributed by atoms with van der Waals surface area (Å²) in [7, 11) is 0. The van der Waals surface area contributed by atoms with Gasteiger partial charge in [-0.2, -0.15) is 0 Å². The van der Waals surface area contributed by atoms with E-state index in [2.05, 4.69) is 19.2 Å². The molecule has 6 heteroatoms. The number of nitrogens with zero attached hydrogens (tertiary/aromatic N) is 1. The van der Waals surface area contributed by atoms with Gasteiger partial charge >= 0.3 is 12.0 Å². The second kappa shape index (κ2) is 6.36. The first-order valence-corrected chi connectivity index (χ1v) is 6.43. The smallest absolute Gasteiger partial charge is 0.328 e. The molecule has 0 atom stereocenters. The van der Waals surface area contributed by atoms with Crippen LogP contribution < -0.4 is 5.32 Å². The minimum atomic E-state index is -1.22. The van der Waals surface area contributed by atoms with E-state index >= 15 is 0 Å². The number of nitrogens with one attached hydrogen (secondary N) is 1. The van der Waals surface area contributed by atoms with E-state index in [4.69, 9.17) is 5.11 Å². The molecule has 3 amide bonds. The van der Waals surface area contributed by atoms with Crippen LogP contribution in [0.25, 0.3) is 0 Å². The molecular weight excluding hydrogens is 248 g/mol. The van der Waals surface area contributed by atoms with Gasteiger partial charge in [-0.15, -0.1) is 0 Å². The summed E-state index contributed by atoms with van der Waals surface area (Å²) in [6.45, 7) is 5.47. The predicted molar refractivity (Wildman–Crippen MR) is 69.5 cm³/mol. The molecule has 1 rings (SSSR count). The zero-order valence-electron chi connectivity index (χ0n) is 11.3. The normalized spacial score (nSPS) is 17.7. The number of hydrogen-bond donors (Lipinski definition) is 2. The highest BCUT2D eigenvalue weighted by Gasteiger charge is 2.37. The molecule has 0 spiro atoms. The molecule has 0 unspecified atom stereocenters. The van der Waals surface area contributed by atoms with Gasteiger partial charge in [0.05, 0.1) is 0 Å². The van der Waals surface area contributed by atoms with Crippen LogP contribution in [0.1, 0.15) is 33.1 Å². The lowest BCUT2D eigenvalue weighted by molar-refractivity contribution is -0.131. The standard InChI is InChI=1S/C13H20N2O4/c1-3-13(4-2)7-8-15(9-13)12(19)14-10(16)5-6-11(17)18/h5-6H,3-4,7-9H2,1-2H3,(H,17,18)(H,14,16,19). The zero-order valence-corrected chi connectivity index (χ0v) is 11.3. The Labute approximate surface area is 112 Å². The number of carboxylic acid groups (broad SMARTS) is 1. The van der Waals surface area contributed by atoms with Crippen LogP contribution in [0.2, 0.25) is 0 Å². The van der Waals surface area contributed by atoms with Crippen LogP contribution in [-0.2, 0) is 9.59 Å². The maximum Gasteiger partial charge on any atom is 0.328 e. The summed E-state index contributed by atoms with van der Waals surface area (Å²) < 4.78 is 0. The lowest BCUT2D eigenvalue weighted by Gasteiger charge is -2.26. The predicted octanol–water partition coefficient (Wildman–Crippen LogP) is 1.38. The third-order valence-corrected chi connectivity index (χ3v) is 3.83. The van der Waals surface area contributed by atoms with E-state index in [9.17, 15) is 14.4 Å². The fourth-order valence-electron chi connectivity index (χ4n) is 2.31. The van der Waals surface area contributed by atoms with Crippen LogP contribution in [0, 0.1) is 5.41 Å². The van der Waals surface area contributed by atoms with Crippen LogP contribution in [0.15, 0.2) is 12.2 Å². The third-order valence-electron chi connectivity index (χ3n) is 3.83. The SMILES string of the molecule is CCC1(CC)CCN(C(=O)NC(=O)C=CC(=O)O)C1. The lowest BCUT2D eigenvalue weighted by Crippen LogP contribution is -2.42. The van der Waals surface area contributed by atoms with E-state index in [-0.39, 0.29) is 5.41 Å². The van der Waals surface area contributed by atoms with Crippen molar-refractivity contribution in [2.75, 3.05) is 13.1 Å². The Bertz CT molecular complexity index is 399. The number of likely N-dealkylation sites (tertiary alicyclic amines) is 1. The van der Waals surface area contributed by atoms with Crippen LogP contribution >= 0.6 is 0 Å². The Hall–Kier alpha value is -1.85. The van der Waals surface area contributed by atoms with Crippen molar-refractivity contribution >= 4 is 17.9 Å². The highest BCUT2D eigenvalue weighted by atomic mass is 16.4. The molecule has 6 nitrogen and oxygen atoms in total. The molecule has 1 aliphatic rings. The lowest BCUT2D eigenvalue weighted by atomic mass is 9.82. The van der Waals surface area contributed by atoms with Crippen LogP contribution in [0.4, 0.5) is 4.79 Å².